The molecular weight excluding hydrogens is 220 g/mol. The van der Waals surface area contributed by atoms with Gasteiger partial charge in [-0.1, -0.05) is 0 Å². The maximum atomic E-state index is 11.6. The molecule has 0 aromatic carbocycles. The SMILES string of the molecule is COCCNC(=O)C(C)NCC1CCC(C)O1. The first-order valence-corrected chi connectivity index (χ1v) is 6.29. The predicted molar refractivity (Wildman–Crippen MR) is 65.9 cm³/mol. The summed E-state index contributed by atoms with van der Waals surface area (Å²) in [6.07, 6.45) is 2.79. The Morgan fingerprint density at radius 3 is 2.88 bits per heavy atom. The zero-order chi connectivity index (χ0) is 12.7. The molecule has 100 valence electrons. The van der Waals surface area contributed by atoms with Crippen LogP contribution in [0.3, 0.4) is 0 Å². The van der Waals surface area contributed by atoms with Gasteiger partial charge in [0.05, 0.1) is 24.9 Å². The van der Waals surface area contributed by atoms with E-state index in [-0.39, 0.29) is 18.1 Å². The molecule has 0 bridgehead atoms. The second-order valence-corrected chi connectivity index (χ2v) is 4.56. The molecule has 2 N–H and O–H groups in total. The van der Waals surface area contributed by atoms with Crippen LogP contribution in [0.5, 0.6) is 0 Å². The first-order chi connectivity index (χ1) is 8.13. The lowest BCUT2D eigenvalue weighted by atomic mass is 10.2. The summed E-state index contributed by atoms with van der Waals surface area (Å²) in [4.78, 5) is 11.6. The molecule has 1 aliphatic heterocycles. The van der Waals surface area contributed by atoms with E-state index < -0.39 is 0 Å². The average molecular weight is 244 g/mol. The Balaban J connectivity index is 2.11. The molecule has 1 fully saturated rings. The summed E-state index contributed by atoms with van der Waals surface area (Å²) < 4.78 is 10.5. The van der Waals surface area contributed by atoms with Gasteiger partial charge in [0.1, 0.15) is 0 Å². The lowest BCUT2D eigenvalue weighted by Crippen LogP contribution is -2.45. The molecule has 0 aliphatic carbocycles. The van der Waals surface area contributed by atoms with Gasteiger partial charge in [-0.25, -0.2) is 0 Å². The number of hydrogen-bond donors (Lipinski definition) is 2. The van der Waals surface area contributed by atoms with E-state index in [1.807, 2.05) is 6.92 Å². The lowest BCUT2D eigenvalue weighted by molar-refractivity contribution is -0.123. The fourth-order valence-corrected chi connectivity index (χ4v) is 1.87. The number of hydrogen-bond acceptors (Lipinski definition) is 4. The lowest BCUT2D eigenvalue weighted by Gasteiger charge is -2.17. The van der Waals surface area contributed by atoms with Gasteiger partial charge in [-0.15, -0.1) is 0 Å². The third-order valence-corrected chi connectivity index (χ3v) is 2.97. The molecule has 0 spiro atoms. The van der Waals surface area contributed by atoms with Gasteiger partial charge in [0.25, 0.3) is 0 Å². The normalized spacial score (nSPS) is 25.8. The molecule has 1 amide bonds. The van der Waals surface area contributed by atoms with Crippen molar-refractivity contribution in [2.75, 3.05) is 26.8 Å². The van der Waals surface area contributed by atoms with Crippen LogP contribution in [0, 0.1) is 0 Å². The number of nitrogens with one attached hydrogen (secondary N) is 2. The summed E-state index contributed by atoms with van der Waals surface area (Å²) in [6, 6.07) is -0.189. The zero-order valence-electron chi connectivity index (χ0n) is 11.0. The molecule has 0 aromatic heterocycles. The maximum absolute atomic E-state index is 11.6. The smallest absolute Gasteiger partial charge is 0.236 e. The largest absolute Gasteiger partial charge is 0.383 e. The zero-order valence-corrected chi connectivity index (χ0v) is 11.0. The minimum Gasteiger partial charge on any atom is -0.383 e. The van der Waals surface area contributed by atoms with Crippen LogP contribution in [0.15, 0.2) is 0 Å². The van der Waals surface area contributed by atoms with Crippen molar-refractivity contribution in [1.82, 2.24) is 10.6 Å². The van der Waals surface area contributed by atoms with E-state index in [0.29, 0.717) is 19.3 Å². The highest BCUT2D eigenvalue weighted by Crippen LogP contribution is 2.18. The Labute approximate surface area is 103 Å². The average Bonchev–Trinajstić information content (AvgIpc) is 2.72. The van der Waals surface area contributed by atoms with Crippen molar-refractivity contribution in [3.05, 3.63) is 0 Å². The summed E-state index contributed by atoms with van der Waals surface area (Å²) in [7, 11) is 1.62. The number of methoxy groups -OCH3 is 1. The molecule has 1 saturated heterocycles. The molecule has 5 nitrogen and oxygen atoms in total. The molecule has 1 aliphatic rings. The van der Waals surface area contributed by atoms with Crippen LogP contribution in [-0.4, -0.2) is 51.0 Å². The summed E-state index contributed by atoms with van der Waals surface area (Å²) in [5, 5.41) is 5.99. The first kappa shape index (κ1) is 14.4. The van der Waals surface area contributed by atoms with Crippen molar-refractivity contribution < 1.29 is 14.3 Å². The van der Waals surface area contributed by atoms with Crippen LogP contribution in [-0.2, 0) is 14.3 Å². The van der Waals surface area contributed by atoms with Crippen molar-refractivity contribution >= 4 is 5.91 Å². The quantitative estimate of drug-likeness (QED) is 0.632. The van der Waals surface area contributed by atoms with Gasteiger partial charge in [0.2, 0.25) is 5.91 Å². The molecule has 0 aromatic rings. The molecule has 1 heterocycles. The Kier molecular flexibility index (Phi) is 6.47. The van der Waals surface area contributed by atoms with Crippen molar-refractivity contribution in [1.29, 1.82) is 0 Å². The van der Waals surface area contributed by atoms with E-state index in [2.05, 4.69) is 17.6 Å². The third kappa shape index (κ3) is 5.48. The van der Waals surface area contributed by atoms with Crippen LogP contribution in [0.2, 0.25) is 0 Å². The van der Waals surface area contributed by atoms with Crippen LogP contribution >= 0.6 is 0 Å². The van der Waals surface area contributed by atoms with Crippen molar-refractivity contribution in [3.8, 4) is 0 Å². The summed E-state index contributed by atoms with van der Waals surface area (Å²) >= 11 is 0. The number of rotatable bonds is 7. The number of ether oxygens (including phenoxy) is 2. The standard InChI is InChI=1S/C12H24N2O3/c1-9-4-5-11(17-9)8-14-10(2)12(15)13-6-7-16-3/h9-11,14H,4-8H2,1-3H3,(H,13,15). The summed E-state index contributed by atoms with van der Waals surface area (Å²) in [5.74, 6) is 0.00750. The number of carbonyl (C=O) groups is 1. The number of amides is 1. The Bertz CT molecular complexity index is 236. The second kappa shape index (κ2) is 7.63. The Morgan fingerprint density at radius 2 is 2.29 bits per heavy atom. The third-order valence-electron chi connectivity index (χ3n) is 2.97. The molecule has 0 radical (unpaired) electrons. The highest BCUT2D eigenvalue weighted by atomic mass is 16.5. The topological polar surface area (TPSA) is 59.6 Å². The number of carbonyl (C=O) groups excluding carboxylic acids is 1. The molecule has 5 heteroatoms. The van der Waals surface area contributed by atoms with Crippen LogP contribution < -0.4 is 10.6 Å². The van der Waals surface area contributed by atoms with E-state index >= 15 is 0 Å². The van der Waals surface area contributed by atoms with Gasteiger partial charge in [-0.2, -0.15) is 0 Å². The maximum Gasteiger partial charge on any atom is 0.236 e. The highest BCUT2D eigenvalue weighted by Gasteiger charge is 2.22. The minimum atomic E-state index is -0.189. The fourth-order valence-electron chi connectivity index (χ4n) is 1.87. The van der Waals surface area contributed by atoms with Crippen LogP contribution in [0.4, 0.5) is 0 Å². The van der Waals surface area contributed by atoms with Gasteiger partial charge in [-0.3, -0.25) is 4.79 Å². The van der Waals surface area contributed by atoms with E-state index in [1.165, 1.54) is 0 Å². The monoisotopic (exact) mass is 244 g/mol. The van der Waals surface area contributed by atoms with Crippen molar-refractivity contribution in [2.45, 2.75) is 44.9 Å². The van der Waals surface area contributed by atoms with Gasteiger partial charge in [-0.05, 0) is 26.7 Å². The molecule has 17 heavy (non-hydrogen) atoms. The highest BCUT2D eigenvalue weighted by molar-refractivity contribution is 5.81. The second-order valence-electron chi connectivity index (χ2n) is 4.56. The Hall–Kier alpha value is -0.650. The van der Waals surface area contributed by atoms with Gasteiger partial charge in [0, 0.05) is 20.2 Å². The van der Waals surface area contributed by atoms with Crippen LogP contribution in [0.25, 0.3) is 0 Å². The molecular formula is C12H24N2O3. The Morgan fingerprint density at radius 1 is 1.53 bits per heavy atom. The summed E-state index contributed by atoms with van der Waals surface area (Å²) in [6.45, 7) is 5.78. The summed E-state index contributed by atoms with van der Waals surface area (Å²) in [5.41, 5.74) is 0. The molecule has 0 saturated carbocycles. The van der Waals surface area contributed by atoms with Gasteiger partial charge in [0.15, 0.2) is 0 Å². The minimum absolute atomic E-state index is 0.00750. The molecule has 1 rings (SSSR count). The molecule has 3 atom stereocenters. The van der Waals surface area contributed by atoms with E-state index in [1.54, 1.807) is 7.11 Å². The van der Waals surface area contributed by atoms with Gasteiger partial charge >= 0.3 is 0 Å². The van der Waals surface area contributed by atoms with Crippen LogP contribution in [0.1, 0.15) is 26.7 Å². The van der Waals surface area contributed by atoms with E-state index in [9.17, 15) is 4.79 Å². The van der Waals surface area contributed by atoms with E-state index in [4.69, 9.17) is 9.47 Å². The molecule has 3 unspecified atom stereocenters. The predicted octanol–water partition coefficient (Wildman–Crippen LogP) is 0.295. The van der Waals surface area contributed by atoms with E-state index in [0.717, 1.165) is 19.4 Å². The van der Waals surface area contributed by atoms with Crippen molar-refractivity contribution in [2.24, 2.45) is 0 Å². The first-order valence-electron chi connectivity index (χ1n) is 6.29. The van der Waals surface area contributed by atoms with Crippen molar-refractivity contribution in [3.63, 3.8) is 0 Å². The fraction of sp³-hybridized carbons (Fsp3) is 0.917. The van der Waals surface area contributed by atoms with Gasteiger partial charge < -0.3 is 20.1 Å².